The number of aromatic nitrogens is 2. The number of carbonyl (C=O) groups excluding carboxylic acids is 2. The van der Waals surface area contributed by atoms with Crippen molar-refractivity contribution in [2.45, 2.75) is 18.9 Å². The maximum atomic E-state index is 12.9. The molecule has 0 bridgehead atoms. The van der Waals surface area contributed by atoms with Crippen LogP contribution in [0.1, 0.15) is 33.8 Å². The van der Waals surface area contributed by atoms with Gasteiger partial charge in [0.25, 0.3) is 5.91 Å². The molecule has 31 heavy (non-hydrogen) atoms. The molecule has 2 atom stereocenters. The van der Waals surface area contributed by atoms with E-state index in [1.807, 2.05) is 63.0 Å². The Morgan fingerprint density at radius 2 is 1.61 bits per heavy atom. The summed E-state index contributed by atoms with van der Waals surface area (Å²) in [6.07, 6.45) is 6.40. The Hall–Kier alpha value is -3.41. The van der Waals surface area contributed by atoms with Crippen LogP contribution >= 0.6 is 0 Å². The van der Waals surface area contributed by atoms with E-state index in [1.165, 1.54) is 5.56 Å². The summed E-state index contributed by atoms with van der Waals surface area (Å²) in [5.41, 5.74) is 3.08. The van der Waals surface area contributed by atoms with Gasteiger partial charge in [0.2, 0.25) is 5.91 Å². The third-order valence-corrected chi connectivity index (χ3v) is 6.34. The fraction of sp³-hybridized carbons (Fsp3) is 0.320. The van der Waals surface area contributed by atoms with Gasteiger partial charge in [0.15, 0.2) is 0 Å². The number of hydrogen-bond acceptors (Lipinski definition) is 3. The summed E-state index contributed by atoms with van der Waals surface area (Å²) in [7, 11) is 0. The lowest BCUT2D eigenvalue weighted by Crippen LogP contribution is -2.51. The Balaban J connectivity index is 1.13. The quantitative estimate of drug-likeness (QED) is 0.645. The summed E-state index contributed by atoms with van der Waals surface area (Å²) >= 11 is 0. The van der Waals surface area contributed by atoms with Gasteiger partial charge in [-0.15, -0.1) is 0 Å². The summed E-state index contributed by atoms with van der Waals surface area (Å²) in [6.45, 7) is 3.14. The highest BCUT2D eigenvalue weighted by Gasteiger charge is 2.46. The molecule has 6 nitrogen and oxygen atoms in total. The number of nitrogens with zero attached hydrogens (tertiary/aromatic N) is 4. The Bertz CT molecular complexity index is 1040. The number of benzene rings is 2. The summed E-state index contributed by atoms with van der Waals surface area (Å²) in [5.74, 6) is 0.738. The zero-order valence-electron chi connectivity index (χ0n) is 17.4. The van der Waals surface area contributed by atoms with E-state index in [0.29, 0.717) is 37.7 Å². The normalized spacial score (nSPS) is 20.5. The molecule has 2 heterocycles. The van der Waals surface area contributed by atoms with Crippen LogP contribution in [0.25, 0.3) is 0 Å². The SMILES string of the molecule is O=C(c1ccc(Cn2ccnc2)cc1)N1CCN(C(=O)[C@H]2C[C@H]2c2ccccc2)CC1. The van der Waals surface area contributed by atoms with Crippen molar-refractivity contribution >= 4 is 11.8 Å². The van der Waals surface area contributed by atoms with Gasteiger partial charge < -0.3 is 14.4 Å². The second-order valence-electron chi connectivity index (χ2n) is 8.41. The van der Waals surface area contributed by atoms with Gasteiger partial charge >= 0.3 is 0 Å². The Morgan fingerprint density at radius 1 is 0.903 bits per heavy atom. The van der Waals surface area contributed by atoms with E-state index >= 15 is 0 Å². The van der Waals surface area contributed by atoms with Gasteiger partial charge in [-0.3, -0.25) is 9.59 Å². The first-order chi connectivity index (χ1) is 15.2. The highest BCUT2D eigenvalue weighted by atomic mass is 16.2. The standard InChI is InChI=1S/C25H26N4O2/c30-24(21-8-6-19(7-9-21)17-27-11-10-26-18-27)28-12-14-29(15-13-28)25(31)23-16-22(23)20-4-2-1-3-5-20/h1-11,18,22-23H,12-17H2/t22-,23-/m0/s1. The van der Waals surface area contributed by atoms with E-state index in [-0.39, 0.29) is 17.7 Å². The molecule has 1 aliphatic carbocycles. The second kappa shape index (κ2) is 8.38. The zero-order valence-corrected chi connectivity index (χ0v) is 17.4. The third kappa shape index (κ3) is 4.24. The van der Waals surface area contributed by atoms with Crippen LogP contribution < -0.4 is 0 Å². The molecule has 158 valence electrons. The third-order valence-electron chi connectivity index (χ3n) is 6.34. The summed E-state index contributed by atoms with van der Waals surface area (Å²) in [6, 6.07) is 18.0. The Labute approximate surface area is 182 Å². The van der Waals surface area contributed by atoms with Gasteiger partial charge in [-0.2, -0.15) is 0 Å². The predicted molar refractivity (Wildman–Crippen MR) is 118 cm³/mol. The van der Waals surface area contributed by atoms with Crippen molar-refractivity contribution in [2.75, 3.05) is 26.2 Å². The lowest BCUT2D eigenvalue weighted by molar-refractivity contribution is -0.134. The van der Waals surface area contributed by atoms with E-state index < -0.39 is 0 Å². The molecule has 2 aliphatic rings. The first-order valence-corrected chi connectivity index (χ1v) is 10.9. The van der Waals surface area contributed by atoms with Crippen LogP contribution in [0.4, 0.5) is 0 Å². The lowest BCUT2D eigenvalue weighted by atomic mass is 10.1. The predicted octanol–water partition coefficient (Wildman–Crippen LogP) is 3.02. The minimum atomic E-state index is 0.0369. The molecule has 2 aromatic carbocycles. The molecule has 1 aliphatic heterocycles. The molecule has 1 saturated heterocycles. The molecule has 2 fully saturated rings. The van der Waals surface area contributed by atoms with Gasteiger partial charge in [0, 0.05) is 56.6 Å². The Morgan fingerprint density at radius 3 is 2.29 bits per heavy atom. The molecular weight excluding hydrogens is 388 g/mol. The maximum absolute atomic E-state index is 12.9. The van der Waals surface area contributed by atoms with E-state index in [0.717, 1.165) is 18.5 Å². The van der Waals surface area contributed by atoms with Gasteiger partial charge in [-0.1, -0.05) is 42.5 Å². The first kappa shape index (κ1) is 19.5. The molecule has 0 radical (unpaired) electrons. The highest BCUT2D eigenvalue weighted by molar-refractivity contribution is 5.94. The van der Waals surface area contributed by atoms with E-state index in [9.17, 15) is 9.59 Å². The van der Waals surface area contributed by atoms with Gasteiger partial charge in [0.05, 0.1) is 6.33 Å². The van der Waals surface area contributed by atoms with E-state index in [4.69, 9.17) is 0 Å². The van der Waals surface area contributed by atoms with Crippen LogP contribution in [-0.4, -0.2) is 57.3 Å². The average Bonchev–Trinajstić information content (AvgIpc) is 3.47. The molecule has 1 saturated carbocycles. The molecule has 3 aromatic rings. The number of amides is 2. The van der Waals surface area contributed by atoms with Crippen molar-refractivity contribution in [3.05, 3.63) is 90.0 Å². The second-order valence-corrected chi connectivity index (χ2v) is 8.41. The summed E-state index contributed by atoms with van der Waals surface area (Å²) in [5, 5.41) is 0. The van der Waals surface area contributed by atoms with Crippen molar-refractivity contribution in [3.8, 4) is 0 Å². The van der Waals surface area contributed by atoms with E-state index in [2.05, 4.69) is 17.1 Å². The molecule has 0 N–H and O–H groups in total. The maximum Gasteiger partial charge on any atom is 0.253 e. The topological polar surface area (TPSA) is 58.4 Å². The van der Waals surface area contributed by atoms with Crippen molar-refractivity contribution in [2.24, 2.45) is 5.92 Å². The van der Waals surface area contributed by atoms with Crippen LogP contribution in [0.3, 0.4) is 0 Å². The van der Waals surface area contributed by atoms with Crippen molar-refractivity contribution in [1.29, 1.82) is 0 Å². The van der Waals surface area contributed by atoms with Crippen molar-refractivity contribution < 1.29 is 9.59 Å². The number of rotatable bonds is 5. The Kier molecular flexibility index (Phi) is 5.28. The highest BCUT2D eigenvalue weighted by Crippen LogP contribution is 2.48. The monoisotopic (exact) mass is 414 g/mol. The molecule has 5 rings (SSSR count). The molecule has 2 amide bonds. The van der Waals surface area contributed by atoms with Crippen LogP contribution in [0.5, 0.6) is 0 Å². The summed E-state index contributed by atoms with van der Waals surface area (Å²) < 4.78 is 2.00. The minimum absolute atomic E-state index is 0.0369. The number of piperazine rings is 1. The first-order valence-electron chi connectivity index (χ1n) is 10.9. The van der Waals surface area contributed by atoms with Gasteiger partial charge in [-0.05, 0) is 35.6 Å². The number of carbonyl (C=O) groups is 2. The van der Waals surface area contributed by atoms with Gasteiger partial charge in [-0.25, -0.2) is 4.98 Å². The van der Waals surface area contributed by atoms with Crippen LogP contribution in [0.15, 0.2) is 73.3 Å². The minimum Gasteiger partial charge on any atom is -0.339 e. The van der Waals surface area contributed by atoms with Crippen molar-refractivity contribution in [3.63, 3.8) is 0 Å². The largest absolute Gasteiger partial charge is 0.339 e. The number of imidazole rings is 1. The lowest BCUT2D eigenvalue weighted by Gasteiger charge is -2.35. The van der Waals surface area contributed by atoms with Crippen LogP contribution in [0, 0.1) is 5.92 Å². The summed E-state index contributed by atoms with van der Waals surface area (Å²) in [4.78, 5) is 33.6. The van der Waals surface area contributed by atoms with Crippen LogP contribution in [-0.2, 0) is 11.3 Å². The fourth-order valence-corrected chi connectivity index (χ4v) is 4.43. The average molecular weight is 415 g/mol. The van der Waals surface area contributed by atoms with Crippen LogP contribution in [0.2, 0.25) is 0 Å². The molecule has 0 spiro atoms. The number of hydrogen-bond donors (Lipinski definition) is 0. The smallest absolute Gasteiger partial charge is 0.253 e. The van der Waals surface area contributed by atoms with E-state index in [1.54, 1.807) is 12.5 Å². The molecule has 6 heteroatoms. The molecule has 1 aromatic heterocycles. The fourth-order valence-electron chi connectivity index (χ4n) is 4.43. The molecule has 0 unspecified atom stereocenters. The van der Waals surface area contributed by atoms with Gasteiger partial charge in [0.1, 0.15) is 0 Å². The molecular formula is C25H26N4O2. The zero-order chi connectivity index (χ0) is 21.2. The van der Waals surface area contributed by atoms with Crippen molar-refractivity contribution in [1.82, 2.24) is 19.4 Å².